The first-order valence-corrected chi connectivity index (χ1v) is 9.65. The van der Waals surface area contributed by atoms with E-state index in [-0.39, 0.29) is 16.5 Å². The molecule has 1 atom stereocenters. The number of nitrogens with one attached hydrogen (secondary N) is 1. The summed E-state index contributed by atoms with van der Waals surface area (Å²) in [5.41, 5.74) is 1.68. The summed E-state index contributed by atoms with van der Waals surface area (Å²) in [7, 11) is -3.88. The molecular formula is C17H17ClFN3O3S. The zero-order valence-electron chi connectivity index (χ0n) is 14.1. The van der Waals surface area contributed by atoms with E-state index in [1.54, 1.807) is 16.8 Å². The van der Waals surface area contributed by atoms with Gasteiger partial charge in [-0.2, -0.15) is 5.10 Å². The normalized spacial score (nSPS) is 13.1. The van der Waals surface area contributed by atoms with Crippen LogP contribution in [-0.2, 0) is 10.0 Å². The first kappa shape index (κ1) is 18.6. The molecule has 0 spiro atoms. The fourth-order valence-corrected chi connectivity index (χ4v) is 3.98. The van der Waals surface area contributed by atoms with Gasteiger partial charge in [0, 0.05) is 12.2 Å². The van der Waals surface area contributed by atoms with Crippen molar-refractivity contribution in [1.82, 2.24) is 14.5 Å². The van der Waals surface area contributed by atoms with Crippen LogP contribution in [0.3, 0.4) is 0 Å². The molecule has 0 amide bonds. The lowest BCUT2D eigenvalue weighted by molar-refractivity contribution is 0.397. The first-order chi connectivity index (χ1) is 12.3. The molecule has 0 aliphatic heterocycles. The van der Waals surface area contributed by atoms with E-state index in [4.69, 9.17) is 16.0 Å². The van der Waals surface area contributed by atoms with Crippen LogP contribution in [0, 0.1) is 19.7 Å². The van der Waals surface area contributed by atoms with Crippen molar-refractivity contribution in [3.05, 3.63) is 70.6 Å². The molecule has 1 aromatic carbocycles. The van der Waals surface area contributed by atoms with Gasteiger partial charge in [0.25, 0.3) is 0 Å². The third kappa shape index (κ3) is 3.82. The lowest BCUT2D eigenvalue weighted by atomic mass is 10.2. The minimum Gasteiger partial charge on any atom is -0.467 e. The summed E-state index contributed by atoms with van der Waals surface area (Å²) in [6, 6.07) is 8.15. The van der Waals surface area contributed by atoms with Crippen LogP contribution in [0.4, 0.5) is 4.39 Å². The summed E-state index contributed by atoms with van der Waals surface area (Å²) < 4.78 is 48.0. The fraction of sp³-hybridized carbons (Fsp3) is 0.235. The predicted molar refractivity (Wildman–Crippen MR) is 95.1 cm³/mol. The number of hydrogen-bond acceptors (Lipinski definition) is 4. The van der Waals surface area contributed by atoms with Crippen LogP contribution in [0.2, 0.25) is 5.02 Å². The number of benzene rings is 1. The molecule has 3 aromatic rings. The maximum atomic E-state index is 13.3. The monoisotopic (exact) mass is 397 g/mol. The van der Waals surface area contributed by atoms with Gasteiger partial charge < -0.3 is 4.42 Å². The number of aryl methyl sites for hydroxylation is 2. The first-order valence-electron chi connectivity index (χ1n) is 7.79. The second-order valence-electron chi connectivity index (χ2n) is 5.83. The number of rotatable bonds is 6. The minimum atomic E-state index is -3.88. The molecule has 0 saturated carbocycles. The highest BCUT2D eigenvalue weighted by Gasteiger charge is 2.23. The lowest BCUT2D eigenvalue weighted by Crippen LogP contribution is -2.32. The van der Waals surface area contributed by atoms with E-state index in [0.29, 0.717) is 5.76 Å². The molecule has 2 aromatic heterocycles. The number of furan rings is 1. The van der Waals surface area contributed by atoms with E-state index in [9.17, 15) is 12.8 Å². The smallest absolute Gasteiger partial charge is 0.240 e. The minimum absolute atomic E-state index is 0.00675. The molecule has 0 aliphatic rings. The number of aromatic nitrogens is 2. The maximum Gasteiger partial charge on any atom is 0.240 e. The van der Waals surface area contributed by atoms with Crippen molar-refractivity contribution in [3.8, 4) is 0 Å². The molecular weight excluding hydrogens is 381 g/mol. The zero-order valence-corrected chi connectivity index (χ0v) is 15.7. The largest absolute Gasteiger partial charge is 0.467 e. The van der Waals surface area contributed by atoms with Gasteiger partial charge in [-0.05, 0) is 50.2 Å². The highest BCUT2D eigenvalue weighted by atomic mass is 35.5. The third-order valence-electron chi connectivity index (χ3n) is 3.88. The number of nitrogens with zero attached hydrogens (tertiary/aromatic N) is 2. The summed E-state index contributed by atoms with van der Waals surface area (Å²) in [6.07, 6.45) is 1.52. The molecule has 0 unspecified atom stereocenters. The lowest BCUT2D eigenvalue weighted by Gasteiger charge is -2.18. The molecule has 1 N–H and O–H groups in total. The quantitative estimate of drug-likeness (QED) is 0.691. The van der Waals surface area contributed by atoms with Gasteiger partial charge in [-0.15, -0.1) is 0 Å². The van der Waals surface area contributed by atoms with Crippen molar-refractivity contribution in [2.45, 2.75) is 24.8 Å². The second-order valence-corrected chi connectivity index (χ2v) is 8.00. The Morgan fingerprint density at radius 1 is 1.31 bits per heavy atom. The van der Waals surface area contributed by atoms with Crippen molar-refractivity contribution >= 4 is 21.6 Å². The Morgan fingerprint density at radius 2 is 2.08 bits per heavy atom. The van der Waals surface area contributed by atoms with Gasteiger partial charge in [-0.3, -0.25) is 4.68 Å². The van der Waals surface area contributed by atoms with E-state index < -0.39 is 21.9 Å². The highest BCUT2D eigenvalue weighted by Crippen LogP contribution is 2.23. The van der Waals surface area contributed by atoms with Crippen molar-refractivity contribution in [2.24, 2.45) is 0 Å². The molecule has 6 nitrogen and oxygen atoms in total. The van der Waals surface area contributed by atoms with Gasteiger partial charge in [0.1, 0.15) is 17.6 Å². The summed E-state index contributed by atoms with van der Waals surface area (Å²) >= 11 is 5.69. The van der Waals surface area contributed by atoms with Crippen LogP contribution in [0.15, 0.2) is 52.0 Å². The van der Waals surface area contributed by atoms with Crippen LogP contribution < -0.4 is 4.72 Å². The van der Waals surface area contributed by atoms with E-state index in [1.807, 2.05) is 19.9 Å². The Bertz CT molecular complexity index is 1020. The molecule has 26 heavy (non-hydrogen) atoms. The van der Waals surface area contributed by atoms with Crippen LogP contribution >= 0.6 is 11.6 Å². The SMILES string of the molecule is Cc1cc(C)n([C@H](CNS(=O)(=O)c2ccc(F)c(Cl)c2)c2ccco2)n1. The molecule has 0 aliphatic carbocycles. The Labute approximate surface area is 155 Å². The summed E-state index contributed by atoms with van der Waals surface area (Å²) in [4.78, 5) is -0.115. The third-order valence-corrected chi connectivity index (χ3v) is 5.59. The summed E-state index contributed by atoms with van der Waals surface area (Å²) in [5, 5.41) is 4.16. The predicted octanol–water partition coefficient (Wildman–Crippen LogP) is 3.45. The van der Waals surface area contributed by atoms with E-state index in [2.05, 4.69) is 9.82 Å². The van der Waals surface area contributed by atoms with Crippen LogP contribution in [0.25, 0.3) is 0 Å². The molecule has 138 valence electrons. The van der Waals surface area contributed by atoms with Crippen molar-refractivity contribution in [1.29, 1.82) is 0 Å². The average Bonchev–Trinajstić information content (AvgIpc) is 3.20. The number of sulfonamides is 1. The van der Waals surface area contributed by atoms with Crippen molar-refractivity contribution in [2.75, 3.05) is 6.54 Å². The Hall–Kier alpha value is -2.16. The van der Waals surface area contributed by atoms with Crippen LogP contribution in [0.1, 0.15) is 23.2 Å². The maximum absolute atomic E-state index is 13.3. The molecule has 0 fully saturated rings. The van der Waals surface area contributed by atoms with Crippen molar-refractivity contribution in [3.63, 3.8) is 0 Å². The van der Waals surface area contributed by atoms with Gasteiger partial charge in [-0.1, -0.05) is 11.6 Å². The molecule has 3 rings (SSSR count). The average molecular weight is 398 g/mol. The van der Waals surface area contributed by atoms with Gasteiger partial charge in [0.05, 0.1) is 21.9 Å². The van der Waals surface area contributed by atoms with Crippen LogP contribution in [0.5, 0.6) is 0 Å². The molecule has 2 heterocycles. The molecule has 0 radical (unpaired) electrons. The Balaban J connectivity index is 1.88. The molecule has 0 bridgehead atoms. The molecule has 0 saturated heterocycles. The topological polar surface area (TPSA) is 77.1 Å². The van der Waals surface area contributed by atoms with E-state index in [1.165, 1.54) is 6.26 Å². The van der Waals surface area contributed by atoms with Gasteiger partial charge >= 0.3 is 0 Å². The standard InChI is InChI=1S/C17H17ClFN3O3S/c1-11-8-12(2)22(21-11)16(17-4-3-7-25-17)10-20-26(23,24)13-5-6-15(19)14(18)9-13/h3-9,16,20H,10H2,1-2H3/t16-/m1/s1. The van der Waals surface area contributed by atoms with Crippen molar-refractivity contribution < 1.29 is 17.2 Å². The highest BCUT2D eigenvalue weighted by molar-refractivity contribution is 7.89. The Kier molecular flexibility index (Phi) is 5.17. The zero-order chi connectivity index (χ0) is 18.9. The fourth-order valence-electron chi connectivity index (χ4n) is 2.67. The molecule has 9 heteroatoms. The number of halogens is 2. The van der Waals surface area contributed by atoms with Gasteiger partial charge in [-0.25, -0.2) is 17.5 Å². The number of hydrogen-bond donors (Lipinski definition) is 1. The summed E-state index contributed by atoms with van der Waals surface area (Å²) in [5.74, 6) is -0.113. The summed E-state index contributed by atoms with van der Waals surface area (Å²) in [6.45, 7) is 3.74. The second kappa shape index (κ2) is 7.22. The van der Waals surface area contributed by atoms with Crippen LogP contribution in [-0.4, -0.2) is 24.7 Å². The van der Waals surface area contributed by atoms with Gasteiger partial charge in [0.15, 0.2) is 0 Å². The van der Waals surface area contributed by atoms with E-state index in [0.717, 1.165) is 29.6 Å². The Morgan fingerprint density at radius 3 is 2.65 bits per heavy atom. The van der Waals surface area contributed by atoms with Gasteiger partial charge in [0.2, 0.25) is 10.0 Å². The van der Waals surface area contributed by atoms with E-state index >= 15 is 0 Å².